The van der Waals surface area contributed by atoms with E-state index in [9.17, 15) is 9.90 Å². The molecular weight excluding hydrogens is 194 g/mol. The van der Waals surface area contributed by atoms with Gasteiger partial charge in [0, 0.05) is 19.6 Å². The summed E-state index contributed by atoms with van der Waals surface area (Å²) in [5.41, 5.74) is -0.701. The van der Waals surface area contributed by atoms with E-state index >= 15 is 0 Å². The Kier molecular flexibility index (Phi) is 3.73. The summed E-state index contributed by atoms with van der Waals surface area (Å²) in [6.07, 6.45) is 0.690. The molecule has 0 aromatic rings. The zero-order chi connectivity index (χ0) is 11.6. The largest absolute Gasteiger partial charge is 0.481 e. The topological polar surface area (TPSA) is 60.8 Å². The van der Waals surface area contributed by atoms with Crippen molar-refractivity contribution in [2.45, 2.75) is 32.8 Å². The predicted octanol–water partition coefficient (Wildman–Crippen LogP) is 0.800. The van der Waals surface area contributed by atoms with Gasteiger partial charge >= 0.3 is 5.97 Å². The Morgan fingerprint density at radius 2 is 2.13 bits per heavy atom. The number of β-amino-alcohol motifs (C(OH)–C–C–N with tert-alkyl or cyclic N) is 1. The molecule has 0 saturated carbocycles. The van der Waals surface area contributed by atoms with E-state index in [1.54, 1.807) is 6.92 Å². The van der Waals surface area contributed by atoms with Crippen molar-refractivity contribution in [3.05, 3.63) is 0 Å². The normalized spacial score (nSPS) is 31.5. The molecule has 3 unspecified atom stereocenters. The Morgan fingerprint density at radius 3 is 2.53 bits per heavy atom. The number of carboxylic acids is 1. The van der Waals surface area contributed by atoms with E-state index in [1.165, 1.54) is 0 Å². The van der Waals surface area contributed by atoms with Crippen molar-refractivity contribution in [2.24, 2.45) is 11.8 Å². The molecular formula is C11H21NO3. The maximum Gasteiger partial charge on any atom is 0.308 e. The zero-order valence-electron chi connectivity index (χ0n) is 9.73. The van der Waals surface area contributed by atoms with E-state index in [0.717, 1.165) is 6.54 Å². The fourth-order valence-corrected chi connectivity index (χ4v) is 2.11. The van der Waals surface area contributed by atoms with Crippen LogP contribution in [-0.4, -0.2) is 46.3 Å². The fourth-order valence-electron chi connectivity index (χ4n) is 2.11. The van der Waals surface area contributed by atoms with Crippen LogP contribution in [0, 0.1) is 11.8 Å². The van der Waals surface area contributed by atoms with Gasteiger partial charge in [0.1, 0.15) is 0 Å². The number of hydrogen-bond donors (Lipinski definition) is 2. The minimum Gasteiger partial charge on any atom is -0.481 e. The Balaban J connectivity index is 2.52. The third-order valence-corrected chi connectivity index (χ3v) is 3.33. The first-order valence-electron chi connectivity index (χ1n) is 5.53. The SMILES string of the molecule is CCC(C)(O)CN1CC(C)C(C(=O)O)C1. The smallest absolute Gasteiger partial charge is 0.308 e. The second kappa shape index (κ2) is 4.49. The summed E-state index contributed by atoms with van der Waals surface area (Å²) in [4.78, 5) is 13.0. The molecule has 0 aliphatic carbocycles. The lowest BCUT2D eigenvalue weighted by Gasteiger charge is -2.27. The number of likely N-dealkylation sites (tertiary alicyclic amines) is 1. The first-order chi connectivity index (χ1) is 6.85. The fraction of sp³-hybridized carbons (Fsp3) is 0.909. The summed E-state index contributed by atoms with van der Waals surface area (Å²) >= 11 is 0. The van der Waals surface area contributed by atoms with Crippen molar-refractivity contribution in [2.75, 3.05) is 19.6 Å². The summed E-state index contributed by atoms with van der Waals surface area (Å²) in [6, 6.07) is 0. The average Bonchev–Trinajstić information content (AvgIpc) is 2.46. The minimum atomic E-state index is -0.721. The van der Waals surface area contributed by atoms with Gasteiger partial charge in [-0.1, -0.05) is 13.8 Å². The number of carboxylic acid groups (broad SMARTS) is 1. The van der Waals surface area contributed by atoms with Gasteiger partial charge in [-0.25, -0.2) is 0 Å². The van der Waals surface area contributed by atoms with E-state index in [1.807, 2.05) is 18.7 Å². The summed E-state index contributed by atoms with van der Waals surface area (Å²) < 4.78 is 0. The molecule has 1 rings (SSSR count). The van der Waals surface area contributed by atoms with E-state index in [2.05, 4.69) is 0 Å². The Hall–Kier alpha value is -0.610. The molecule has 1 aliphatic heterocycles. The molecule has 15 heavy (non-hydrogen) atoms. The number of hydrogen-bond acceptors (Lipinski definition) is 3. The molecule has 4 nitrogen and oxygen atoms in total. The van der Waals surface area contributed by atoms with Gasteiger partial charge in [-0.05, 0) is 19.3 Å². The number of rotatable bonds is 4. The standard InChI is InChI=1S/C11H21NO3/c1-4-11(3,15)7-12-5-8(2)9(6-12)10(13)14/h8-9,15H,4-7H2,1-3H3,(H,13,14). The molecule has 1 saturated heterocycles. The van der Waals surface area contributed by atoms with Crippen molar-refractivity contribution in [1.82, 2.24) is 4.90 Å². The summed E-state index contributed by atoms with van der Waals surface area (Å²) in [7, 11) is 0. The van der Waals surface area contributed by atoms with E-state index in [4.69, 9.17) is 5.11 Å². The van der Waals surface area contributed by atoms with Crippen molar-refractivity contribution in [1.29, 1.82) is 0 Å². The molecule has 0 bridgehead atoms. The van der Waals surface area contributed by atoms with Crippen molar-refractivity contribution >= 4 is 5.97 Å². The van der Waals surface area contributed by atoms with Crippen LogP contribution >= 0.6 is 0 Å². The number of aliphatic hydroxyl groups is 1. The lowest BCUT2D eigenvalue weighted by atomic mass is 9.99. The maximum atomic E-state index is 10.9. The summed E-state index contributed by atoms with van der Waals surface area (Å²) in [5.74, 6) is -0.825. The van der Waals surface area contributed by atoms with Crippen LogP contribution in [0.2, 0.25) is 0 Å². The van der Waals surface area contributed by atoms with Crippen LogP contribution in [0.3, 0.4) is 0 Å². The van der Waals surface area contributed by atoms with Crippen molar-refractivity contribution < 1.29 is 15.0 Å². The van der Waals surface area contributed by atoms with Crippen LogP contribution in [0.15, 0.2) is 0 Å². The highest BCUT2D eigenvalue weighted by Crippen LogP contribution is 2.25. The molecule has 0 aromatic heterocycles. The lowest BCUT2D eigenvalue weighted by molar-refractivity contribution is -0.142. The molecule has 88 valence electrons. The first kappa shape index (κ1) is 12.5. The second-order valence-corrected chi connectivity index (χ2v) is 4.97. The van der Waals surface area contributed by atoms with E-state index in [0.29, 0.717) is 19.5 Å². The molecule has 3 atom stereocenters. The Bertz CT molecular complexity index is 240. The Labute approximate surface area is 90.9 Å². The van der Waals surface area contributed by atoms with Crippen LogP contribution in [0.25, 0.3) is 0 Å². The number of aliphatic carboxylic acids is 1. The molecule has 2 N–H and O–H groups in total. The molecule has 1 heterocycles. The zero-order valence-corrected chi connectivity index (χ0v) is 9.73. The quantitative estimate of drug-likeness (QED) is 0.728. The van der Waals surface area contributed by atoms with Gasteiger partial charge in [-0.3, -0.25) is 9.69 Å². The van der Waals surface area contributed by atoms with Crippen molar-refractivity contribution in [3.63, 3.8) is 0 Å². The van der Waals surface area contributed by atoms with Crippen LogP contribution in [0.1, 0.15) is 27.2 Å². The summed E-state index contributed by atoms with van der Waals surface area (Å²) in [5, 5.41) is 18.9. The molecule has 0 amide bonds. The monoisotopic (exact) mass is 215 g/mol. The third-order valence-electron chi connectivity index (χ3n) is 3.33. The van der Waals surface area contributed by atoms with Gasteiger partial charge in [-0.2, -0.15) is 0 Å². The van der Waals surface area contributed by atoms with Crippen LogP contribution in [0.5, 0.6) is 0 Å². The highest BCUT2D eigenvalue weighted by Gasteiger charge is 2.36. The van der Waals surface area contributed by atoms with Crippen molar-refractivity contribution in [3.8, 4) is 0 Å². The van der Waals surface area contributed by atoms with Gasteiger partial charge < -0.3 is 10.2 Å². The van der Waals surface area contributed by atoms with Crippen LogP contribution < -0.4 is 0 Å². The molecule has 0 spiro atoms. The molecule has 4 heteroatoms. The Morgan fingerprint density at radius 1 is 1.53 bits per heavy atom. The summed E-state index contributed by atoms with van der Waals surface area (Å²) in [6.45, 7) is 7.59. The van der Waals surface area contributed by atoms with E-state index in [-0.39, 0.29) is 11.8 Å². The van der Waals surface area contributed by atoms with Gasteiger partial charge in [0.05, 0.1) is 11.5 Å². The molecule has 1 fully saturated rings. The maximum absolute atomic E-state index is 10.9. The van der Waals surface area contributed by atoms with Gasteiger partial charge in [0.15, 0.2) is 0 Å². The van der Waals surface area contributed by atoms with Gasteiger partial charge in [-0.15, -0.1) is 0 Å². The third kappa shape index (κ3) is 3.18. The predicted molar refractivity (Wildman–Crippen MR) is 57.6 cm³/mol. The second-order valence-electron chi connectivity index (χ2n) is 4.97. The van der Waals surface area contributed by atoms with Gasteiger partial charge in [0.2, 0.25) is 0 Å². The lowest BCUT2D eigenvalue weighted by Crippen LogP contribution is -2.39. The number of carbonyl (C=O) groups is 1. The first-order valence-corrected chi connectivity index (χ1v) is 5.53. The average molecular weight is 215 g/mol. The van der Waals surface area contributed by atoms with Gasteiger partial charge in [0.25, 0.3) is 0 Å². The highest BCUT2D eigenvalue weighted by molar-refractivity contribution is 5.71. The minimum absolute atomic E-state index is 0.176. The molecule has 1 aliphatic rings. The number of nitrogens with zero attached hydrogens (tertiary/aromatic N) is 1. The van der Waals surface area contributed by atoms with Crippen LogP contribution in [0.4, 0.5) is 0 Å². The van der Waals surface area contributed by atoms with Crippen LogP contribution in [-0.2, 0) is 4.79 Å². The highest BCUT2D eigenvalue weighted by atomic mass is 16.4. The molecule has 0 aromatic carbocycles. The molecule has 0 radical (unpaired) electrons. The van der Waals surface area contributed by atoms with E-state index < -0.39 is 11.6 Å².